The van der Waals surface area contributed by atoms with Gasteiger partial charge >= 0.3 is 0 Å². The van der Waals surface area contributed by atoms with Gasteiger partial charge in [0, 0.05) is 0 Å². The van der Waals surface area contributed by atoms with E-state index in [1.165, 1.54) is 0 Å². The van der Waals surface area contributed by atoms with Gasteiger partial charge in [-0.2, -0.15) is 5.26 Å². The molecule has 1 N–H and O–H groups in total. The zero-order valence-electron chi connectivity index (χ0n) is 13.3. The molecule has 22 heavy (non-hydrogen) atoms. The molecule has 0 aromatic heterocycles. The molecule has 2 aromatic carbocycles. The van der Waals surface area contributed by atoms with Crippen molar-refractivity contribution in [1.82, 2.24) is 0 Å². The fraction of sp³-hybridized carbons (Fsp3) is 0.316. The normalized spacial score (nSPS) is 11.0. The number of nitriles is 1. The first-order valence-corrected chi connectivity index (χ1v) is 7.27. The molecule has 0 fully saturated rings. The minimum atomic E-state index is -0.391. The van der Waals surface area contributed by atoms with Crippen LogP contribution in [0.2, 0.25) is 0 Å². The van der Waals surface area contributed by atoms with Crippen molar-refractivity contribution in [2.75, 3.05) is 7.11 Å². The van der Waals surface area contributed by atoms with Crippen molar-refractivity contribution in [1.29, 1.82) is 5.26 Å². The predicted octanol–water partition coefficient (Wildman–Crippen LogP) is 3.95. The Morgan fingerprint density at radius 3 is 2.59 bits per heavy atom. The van der Waals surface area contributed by atoms with Gasteiger partial charge in [-0.3, -0.25) is 0 Å². The fourth-order valence-corrected chi connectivity index (χ4v) is 2.51. The monoisotopic (exact) mass is 295 g/mol. The predicted molar refractivity (Wildman–Crippen MR) is 87.5 cm³/mol. The molecule has 2 aromatic rings. The largest absolute Gasteiger partial charge is 0.497 e. The maximum absolute atomic E-state index is 9.59. The summed E-state index contributed by atoms with van der Waals surface area (Å²) in [4.78, 5) is 0. The Hall–Kier alpha value is -2.31. The molecule has 0 unspecified atom stereocenters. The Balaban J connectivity index is 2.40. The molecule has 0 saturated heterocycles. The van der Waals surface area contributed by atoms with Gasteiger partial charge in [-0.15, -0.1) is 0 Å². The molecule has 0 bridgehead atoms. The van der Waals surface area contributed by atoms with Gasteiger partial charge in [0.1, 0.15) is 5.75 Å². The van der Waals surface area contributed by atoms with E-state index in [4.69, 9.17) is 4.74 Å². The van der Waals surface area contributed by atoms with Gasteiger partial charge in [0.05, 0.1) is 25.2 Å². The maximum Gasteiger partial charge on any atom is 0.119 e. The lowest BCUT2D eigenvalue weighted by atomic mass is 9.86. The highest BCUT2D eigenvalue weighted by Gasteiger charge is 2.17. The van der Waals surface area contributed by atoms with Crippen molar-refractivity contribution in [3.05, 3.63) is 53.6 Å². The highest BCUT2D eigenvalue weighted by molar-refractivity contribution is 5.69. The van der Waals surface area contributed by atoms with Crippen LogP contribution in [0.1, 0.15) is 25.0 Å². The average molecular weight is 295 g/mol. The lowest BCUT2D eigenvalue weighted by Gasteiger charge is -2.16. The Labute approximate surface area is 131 Å². The standard InChI is InChI=1S/C19H21NO2/c1-19(2,13-20)11-14-5-4-6-15(9-14)18-8-7-17(22-3)10-16(18)12-21/h4-10,21H,11-12H2,1-3H3. The lowest BCUT2D eigenvalue weighted by Crippen LogP contribution is -2.11. The average Bonchev–Trinajstić information content (AvgIpc) is 2.54. The number of aliphatic hydroxyl groups excluding tert-OH is 1. The molecular weight excluding hydrogens is 274 g/mol. The number of rotatable bonds is 5. The summed E-state index contributed by atoms with van der Waals surface area (Å²) in [5, 5.41) is 18.8. The van der Waals surface area contributed by atoms with Crippen LogP contribution in [0.4, 0.5) is 0 Å². The molecule has 0 saturated carbocycles. The third kappa shape index (κ3) is 3.66. The second-order valence-corrected chi connectivity index (χ2v) is 6.05. The van der Waals surface area contributed by atoms with E-state index in [2.05, 4.69) is 12.1 Å². The summed E-state index contributed by atoms with van der Waals surface area (Å²) in [7, 11) is 1.61. The third-order valence-electron chi connectivity index (χ3n) is 3.67. The van der Waals surface area contributed by atoms with Crippen LogP contribution in [0, 0.1) is 16.7 Å². The van der Waals surface area contributed by atoms with Gasteiger partial charge in [-0.05, 0) is 54.7 Å². The second kappa shape index (κ2) is 6.64. The Bertz CT molecular complexity index is 699. The second-order valence-electron chi connectivity index (χ2n) is 6.05. The Morgan fingerprint density at radius 1 is 1.18 bits per heavy atom. The summed E-state index contributed by atoms with van der Waals surface area (Å²) in [5.41, 5.74) is 3.58. The molecule has 0 aliphatic carbocycles. The summed E-state index contributed by atoms with van der Waals surface area (Å²) in [6, 6.07) is 16.1. The molecular formula is C19H21NO2. The van der Waals surface area contributed by atoms with E-state index in [-0.39, 0.29) is 6.61 Å². The third-order valence-corrected chi connectivity index (χ3v) is 3.67. The van der Waals surface area contributed by atoms with Gasteiger partial charge < -0.3 is 9.84 Å². The summed E-state index contributed by atoms with van der Waals surface area (Å²) >= 11 is 0. The van der Waals surface area contributed by atoms with Crippen LogP contribution in [0.25, 0.3) is 11.1 Å². The van der Waals surface area contributed by atoms with Crippen LogP contribution < -0.4 is 4.74 Å². The molecule has 0 aliphatic rings. The van der Waals surface area contributed by atoms with Crippen LogP contribution in [0.15, 0.2) is 42.5 Å². The van der Waals surface area contributed by atoms with Crippen molar-refractivity contribution < 1.29 is 9.84 Å². The zero-order valence-corrected chi connectivity index (χ0v) is 13.3. The molecule has 0 aliphatic heterocycles. The van der Waals surface area contributed by atoms with E-state index in [0.717, 1.165) is 28.0 Å². The Morgan fingerprint density at radius 2 is 1.95 bits per heavy atom. The molecule has 0 radical (unpaired) electrons. The van der Waals surface area contributed by atoms with Gasteiger partial charge in [0.2, 0.25) is 0 Å². The van der Waals surface area contributed by atoms with E-state index < -0.39 is 5.41 Å². The molecule has 0 spiro atoms. The number of aliphatic hydroxyl groups is 1. The number of nitrogens with zero attached hydrogens (tertiary/aromatic N) is 1. The van der Waals surface area contributed by atoms with Crippen molar-refractivity contribution in [2.24, 2.45) is 5.41 Å². The minimum absolute atomic E-state index is 0.0412. The smallest absolute Gasteiger partial charge is 0.119 e. The van der Waals surface area contributed by atoms with Crippen molar-refractivity contribution in [3.63, 3.8) is 0 Å². The van der Waals surface area contributed by atoms with Crippen molar-refractivity contribution in [2.45, 2.75) is 26.9 Å². The molecule has 2 rings (SSSR count). The number of ether oxygens (including phenoxy) is 1. The van der Waals surface area contributed by atoms with Crippen LogP contribution in [-0.2, 0) is 13.0 Å². The van der Waals surface area contributed by atoms with Gasteiger partial charge in [0.15, 0.2) is 0 Å². The Kier molecular flexibility index (Phi) is 4.85. The summed E-state index contributed by atoms with van der Waals surface area (Å²) in [6.07, 6.45) is 0.696. The van der Waals surface area contributed by atoms with Crippen LogP contribution in [-0.4, -0.2) is 12.2 Å². The van der Waals surface area contributed by atoms with E-state index in [0.29, 0.717) is 6.42 Å². The van der Waals surface area contributed by atoms with Gasteiger partial charge in [-0.1, -0.05) is 30.3 Å². The van der Waals surface area contributed by atoms with E-state index in [1.54, 1.807) is 7.11 Å². The quantitative estimate of drug-likeness (QED) is 0.908. The van der Waals surface area contributed by atoms with Crippen LogP contribution in [0.5, 0.6) is 5.75 Å². The molecule has 0 atom stereocenters. The van der Waals surface area contributed by atoms with E-state index >= 15 is 0 Å². The highest BCUT2D eigenvalue weighted by atomic mass is 16.5. The maximum atomic E-state index is 9.59. The SMILES string of the molecule is COc1ccc(-c2cccc(CC(C)(C)C#N)c2)c(CO)c1. The molecule has 3 heteroatoms. The van der Waals surface area contributed by atoms with Crippen molar-refractivity contribution >= 4 is 0 Å². The minimum Gasteiger partial charge on any atom is -0.497 e. The van der Waals surface area contributed by atoms with Gasteiger partial charge in [-0.25, -0.2) is 0 Å². The number of methoxy groups -OCH3 is 1. The first-order chi connectivity index (χ1) is 10.5. The highest BCUT2D eigenvalue weighted by Crippen LogP contribution is 2.29. The van der Waals surface area contributed by atoms with Crippen LogP contribution >= 0.6 is 0 Å². The summed E-state index contributed by atoms with van der Waals surface area (Å²) in [6.45, 7) is 3.83. The first kappa shape index (κ1) is 16.1. The fourth-order valence-electron chi connectivity index (χ4n) is 2.51. The molecule has 114 valence electrons. The number of hydrogen-bond acceptors (Lipinski definition) is 3. The molecule has 3 nitrogen and oxygen atoms in total. The van der Waals surface area contributed by atoms with Crippen LogP contribution in [0.3, 0.4) is 0 Å². The topological polar surface area (TPSA) is 53.2 Å². The zero-order chi connectivity index (χ0) is 16.2. The van der Waals surface area contributed by atoms with E-state index in [9.17, 15) is 10.4 Å². The summed E-state index contributed by atoms with van der Waals surface area (Å²) in [5.74, 6) is 0.731. The van der Waals surface area contributed by atoms with E-state index in [1.807, 2.05) is 50.2 Å². The molecule has 0 amide bonds. The summed E-state index contributed by atoms with van der Waals surface area (Å²) < 4.78 is 5.20. The van der Waals surface area contributed by atoms with Gasteiger partial charge in [0.25, 0.3) is 0 Å². The first-order valence-electron chi connectivity index (χ1n) is 7.27. The number of benzene rings is 2. The van der Waals surface area contributed by atoms with Crippen molar-refractivity contribution in [3.8, 4) is 22.9 Å². The molecule has 0 heterocycles. The number of hydrogen-bond donors (Lipinski definition) is 1. The lowest BCUT2D eigenvalue weighted by molar-refractivity contribution is 0.281.